The summed E-state index contributed by atoms with van der Waals surface area (Å²) in [7, 11) is 0. The van der Waals surface area contributed by atoms with Gasteiger partial charge in [-0.2, -0.15) is 0 Å². The van der Waals surface area contributed by atoms with Crippen molar-refractivity contribution in [2.24, 2.45) is 0 Å². The maximum Gasteiger partial charge on any atom is 0.167 e. The van der Waals surface area contributed by atoms with Crippen molar-refractivity contribution in [1.29, 1.82) is 0 Å². The molecule has 0 aliphatic rings. The van der Waals surface area contributed by atoms with Crippen LogP contribution in [-0.4, -0.2) is 10.7 Å². The lowest BCUT2D eigenvalue weighted by molar-refractivity contribution is 0.111. The van der Waals surface area contributed by atoms with Gasteiger partial charge in [0.05, 0.1) is 5.69 Å². The zero-order valence-corrected chi connectivity index (χ0v) is 17.8. The normalized spacial score (nSPS) is 11.2. The summed E-state index contributed by atoms with van der Waals surface area (Å²) < 4.78 is 8.14. The molecule has 3 heteroatoms. The van der Waals surface area contributed by atoms with E-state index in [1.165, 1.54) is 5.56 Å². The molecule has 0 aliphatic carbocycles. The molecular weight excluding hydrogens is 370 g/mol. The van der Waals surface area contributed by atoms with Gasteiger partial charge in [-0.15, -0.1) is 0 Å². The van der Waals surface area contributed by atoms with Crippen LogP contribution in [0.1, 0.15) is 53.9 Å². The molecule has 0 saturated carbocycles. The maximum absolute atomic E-state index is 12.0. The Morgan fingerprint density at radius 2 is 1.77 bits per heavy atom. The molecule has 0 spiro atoms. The molecule has 2 heterocycles. The molecule has 0 atom stereocenters. The predicted octanol–water partition coefficient (Wildman–Crippen LogP) is 6.68. The molecular formula is C27H27NO2. The van der Waals surface area contributed by atoms with Crippen LogP contribution in [-0.2, 0) is 13.0 Å². The molecule has 2 aromatic carbocycles. The minimum absolute atomic E-state index is 0.305. The average molecular weight is 398 g/mol. The van der Waals surface area contributed by atoms with Crippen LogP contribution in [0.2, 0.25) is 0 Å². The summed E-state index contributed by atoms with van der Waals surface area (Å²) in [6, 6.07) is 22.7. The molecule has 0 saturated heterocycles. The standard InChI is InChI=1S/C27H27NO2/c1-4-20-10-12-23-15-25(26(17-29)28(23)16-20)22-11-13-27(24(14-22)19(2)3)30-18-21-8-6-5-7-9-21/h5-17,19H,4,18H2,1-3H3. The van der Waals surface area contributed by atoms with E-state index in [0.29, 0.717) is 18.2 Å². The third-order valence-electron chi connectivity index (χ3n) is 5.57. The first kappa shape index (κ1) is 20.0. The van der Waals surface area contributed by atoms with E-state index in [9.17, 15) is 4.79 Å². The second-order valence-electron chi connectivity index (χ2n) is 7.93. The first-order valence-electron chi connectivity index (χ1n) is 10.5. The molecule has 2 aromatic heterocycles. The van der Waals surface area contributed by atoms with Crippen molar-refractivity contribution in [3.8, 4) is 16.9 Å². The van der Waals surface area contributed by atoms with Crippen LogP contribution in [0, 0.1) is 0 Å². The number of aldehydes is 1. The van der Waals surface area contributed by atoms with E-state index in [2.05, 4.69) is 69.4 Å². The summed E-state index contributed by atoms with van der Waals surface area (Å²) in [6.07, 6.45) is 3.95. The maximum atomic E-state index is 12.0. The Morgan fingerprint density at radius 1 is 0.967 bits per heavy atom. The molecule has 0 N–H and O–H groups in total. The van der Waals surface area contributed by atoms with Gasteiger partial charge in [0.15, 0.2) is 6.29 Å². The molecule has 30 heavy (non-hydrogen) atoms. The van der Waals surface area contributed by atoms with Gasteiger partial charge in [-0.05, 0) is 58.9 Å². The van der Waals surface area contributed by atoms with Crippen LogP contribution in [0.15, 0.2) is 72.9 Å². The van der Waals surface area contributed by atoms with Gasteiger partial charge in [0.25, 0.3) is 0 Å². The van der Waals surface area contributed by atoms with E-state index >= 15 is 0 Å². The first-order chi connectivity index (χ1) is 14.6. The second-order valence-corrected chi connectivity index (χ2v) is 7.93. The molecule has 0 fully saturated rings. The molecule has 0 aliphatic heterocycles. The van der Waals surface area contributed by atoms with Gasteiger partial charge in [0, 0.05) is 17.3 Å². The average Bonchev–Trinajstić information content (AvgIpc) is 3.15. The number of aromatic nitrogens is 1. The Kier molecular flexibility index (Phi) is 5.71. The van der Waals surface area contributed by atoms with Crippen molar-refractivity contribution >= 4 is 11.8 Å². The number of carbonyl (C=O) groups excluding carboxylic acids is 1. The number of fused-ring (bicyclic) bond motifs is 1. The fourth-order valence-corrected chi connectivity index (χ4v) is 3.83. The molecule has 3 nitrogen and oxygen atoms in total. The Bertz CT molecular complexity index is 1170. The molecule has 4 aromatic rings. The SMILES string of the molecule is CCc1ccc2cc(-c3ccc(OCc4ccccc4)c(C(C)C)c3)c(C=O)n2c1. The Morgan fingerprint density at radius 3 is 2.47 bits per heavy atom. The highest BCUT2D eigenvalue weighted by Crippen LogP contribution is 2.34. The number of benzene rings is 2. The van der Waals surface area contributed by atoms with Gasteiger partial charge in [0.1, 0.15) is 12.4 Å². The predicted molar refractivity (Wildman–Crippen MR) is 122 cm³/mol. The van der Waals surface area contributed by atoms with Crippen LogP contribution < -0.4 is 4.74 Å². The van der Waals surface area contributed by atoms with Crippen molar-refractivity contribution in [3.05, 3.63) is 95.3 Å². The Hall–Kier alpha value is -3.33. The minimum Gasteiger partial charge on any atom is -0.489 e. The largest absolute Gasteiger partial charge is 0.489 e. The van der Waals surface area contributed by atoms with Crippen molar-refractivity contribution in [3.63, 3.8) is 0 Å². The van der Waals surface area contributed by atoms with Crippen molar-refractivity contribution in [2.75, 3.05) is 0 Å². The number of carbonyl (C=O) groups is 1. The monoisotopic (exact) mass is 397 g/mol. The van der Waals surface area contributed by atoms with Gasteiger partial charge in [-0.25, -0.2) is 0 Å². The third kappa shape index (κ3) is 3.88. The van der Waals surface area contributed by atoms with Crippen molar-refractivity contribution in [1.82, 2.24) is 4.40 Å². The van der Waals surface area contributed by atoms with Gasteiger partial charge < -0.3 is 9.14 Å². The quantitative estimate of drug-likeness (QED) is 0.326. The highest BCUT2D eigenvalue weighted by atomic mass is 16.5. The molecule has 152 valence electrons. The highest BCUT2D eigenvalue weighted by molar-refractivity contribution is 5.90. The number of rotatable bonds is 7. The van der Waals surface area contributed by atoms with Crippen LogP contribution in [0.4, 0.5) is 0 Å². The lowest BCUT2D eigenvalue weighted by Crippen LogP contribution is -2.00. The lowest BCUT2D eigenvalue weighted by atomic mass is 9.96. The molecule has 4 rings (SSSR count). The fourth-order valence-electron chi connectivity index (χ4n) is 3.83. The van der Waals surface area contributed by atoms with Gasteiger partial charge in [-0.1, -0.05) is 63.2 Å². The highest BCUT2D eigenvalue weighted by Gasteiger charge is 2.15. The first-order valence-corrected chi connectivity index (χ1v) is 10.5. The second kappa shape index (κ2) is 8.58. The Labute approximate surface area is 177 Å². The van der Waals surface area contributed by atoms with Crippen LogP contribution in [0.3, 0.4) is 0 Å². The zero-order valence-electron chi connectivity index (χ0n) is 17.8. The fraction of sp³-hybridized carbons (Fsp3) is 0.222. The Balaban J connectivity index is 1.73. The van der Waals surface area contributed by atoms with E-state index in [1.54, 1.807) is 0 Å². The van der Waals surface area contributed by atoms with E-state index in [-0.39, 0.29) is 0 Å². The summed E-state index contributed by atoms with van der Waals surface area (Å²) in [6.45, 7) is 6.99. The number of hydrogen-bond acceptors (Lipinski definition) is 2. The third-order valence-corrected chi connectivity index (χ3v) is 5.57. The number of pyridine rings is 1. The lowest BCUT2D eigenvalue weighted by Gasteiger charge is -2.16. The molecule has 0 bridgehead atoms. The molecule has 0 unspecified atom stereocenters. The number of ether oxygens (including phenoxy) is 1. The summed E-state index contributed by atoms with van der Waals surface area (Å²) in [4.78, 5) is 12.0. The minimum atomic E-state index is 0.305. The summed E-state index contributed by atoms with van der Waals surface area (Å²) in [5, 5.41) is 0. The van der Waals surface area contributed by atoms with Gasteiger partial charge in [-0.3, -0.25) is 4.79 Å². The van der Waals surface area contributed by atoms with Crippen molar-refractivity contribution < 1.29 is 9.53 Å². The topological polar surface area (TPSA) is 30.7 Å². The van der Waals surface area contributed by atoms with Crippen molar-refractivity contribution in [2.45, 2.75) is 39.7 Å². The van der Waals surface area contributed by atoms with E-state index in [1.807, 2.05) is 28.7 Å². The summed E-state index contributed by atoms with van der Waals surface area (Å²) in [5.74, 6) is 1.20. The van der Waals surface area contributed by atoms with Crippen LogP contribution in [0.25, 0.3) is 16.6 Å². The van der Waals surface area contributed by atoms with Crippen LogP contribution in [0.5, 0.6) is 5.75 Å². The smallest absolute Gasteiger partial charge is 0.167 e. The van der Waals surface area contributed by atoms with E-state index in [0.717, 1.165) is 46.2 Å². The zero-order chi connectivity index (χ0) is 21.1. The summed E-state index contributed by atoms with van der Waals surface area (Å²) in [5.41, 5.74) is 7.20. The summed E-state index contributed by atoms with van der Waals surface area (Å²) >= 11 is 0. The van der Waals surface area contributed by atoms with E-state index in [4.69, 9.17) is 4.74 Å². The molecule has 0 radical (unpaired) electrons. The van der Waals surface area contributed by atoms with Crippen LogP contribution >= 0.6 is 0 Å². The number of nitrogens with zero attached hydrogens (tertiary/aromatic N) is 1. The van der Waals surface area contributed by atoms with Gasteiger partial charge in [0.2, 0.25) is 0 Å². The van der Waals surface area contributed by atoms with E-state index < -0.39 is 0 Å². The molecule has 0 amide bonds. The van der Waals surface area contributed by atoms with Gasteiger partial charge >= 0.3 is 0 Å². The number of hydrogen-bond donors (Lipinski definition) is 0. The number of aryl methyl sites for hydroxylation is 1.